The maximum absolute atomic E-state index is 9.97. The molecule has 1 atom stereocenters. The van der Waals surface area contributed by atoms with E-state index in [0.29, 0.717) is 5.71 Å². The van der Waals surface area contributed by atoms with Crippen LogP contribution in [0.3, 0.4) is 0 Å². The highest BCUT2D eigenvalue weighted by molar-refractivity contribution is 6.08. The van der Waals surface area contributed by atoms with Gasteiger partial charge >= 0.3 is 0 Å². The first-order valence-corrected chi connectivity index (χ1v) is 5.10. The van der Waals surface area contributed by atoms with Gasteiger partial charge in [-0.25, -0.2) is 0 Å². The maximum Gasteiger partial charge on any atom is 0.127 e. The molecule has 0 heterocycles. The van der Waals surface area contributed by atoms with Crippen molar-refractivity contribution in [2.45, 2.75) is 27.2 Å². The van der Waals surface area contributed by atoms with E-state index < -0.39 is 0 Å². The van der Waals surface area contributed by atoms with Gasteiger partial charge in [-0.1, -0.05) is 18.1 Å². The monoisotopic (exact) mass is 205 g/mol. The van der Waals surface area contributed by atoms with E-state index in [9.17, 15) is 5.11 Å². The molecule has 0 saturated heterocycles. The first-order valence-electron chi connectivity index (χ1n) is 5.10. The quantitative estimate of drug-likeness (QED) is 0.504. The summed E-state index contributed by atoms with van der Waals surface area (Å²) in [4.78, 5) is 0. The molecule has 0 aromatic heterocycles. The molecule has 1 unspecified atom stereocenters. The van der Waals surface area contributed by atoms with Crippen LogP contribution in [-0.4, -0.2) is 16.0 Å². The Morgan fingerprint density at radius 1 is 1.33 bits per heavy atom. The smallest absolute Gasteiger partial charge is 0.127 e. The van der Waals surface area contributed by atoms with Crippen LogP contribution in [0, 0.1) is 19.8 Å². The normalized spacial score (nSPS) is 22.1. The Labute approximate surface area is 89.1 Å². The minimum Gasteiger partial charge on any atom is -0.507 e. The minimum absolute atomic E-state index is 0.177. The Hall–Kier alpha value is -1.51. The molecule has 2 rings (SSSR count). The molecule has 0 spiro atoms. The predicted molar refractivity (Wildman–Crippen MR) is 58.8 cm³/mol. The minimum atomic E-state index is 0.177. The van der Waals surface area contributed by atoms with E-state index in [1.54, 1.807) is 0 Å². The Balaban J connectivity index is 2.75. The molecule has 15 heavy (non-hydrogen) atoms. The van der Waals surface area contributed by atoms with Crippen molar-refractivity contribution < 1.29 is 10.3 Å². The average Bonchev–Trinajstić information content (AvgIpc) is 2.52. The van der Waals surface area contributed by atoms with Gasteiger partial charge in [-0.15, -0.1) is 0 Å². The first-order chi connectivity index (χ1) is 7.06. The van der Waals surface area contributed by atoms with Crippen LogP contribution in [0.2, 0.25) is 0 Å². The predicted octanol–water partition coefficient (Wildman–Crippen LogP) is 2.38. The average molecular weight is 205 g/mol. The third-order valence-electron chi connectivity index (χ3n) is 3.16. The van der Waals surface area contributed by atoms with Gasteiger partial charge in [0.2, 0.25) is 0 Å². The van der Waals surface area contributed by atoms with Gasteiger partial charge in [-0.2, -0.15) is 0 Å². The molecule has 0 aliphatic heterocycles. The summed E-state index contributed by atoms with van der Waals surface area (Å²) < 4.78 is 0. The Morgan fingerprint density at radius 3 is 2.60 bits per heavy atom. The van der Waals surface area contributed by atoms with E-state index >= 15 is 0 Å². The van der Waals surface area contributed by atoms with Gasteiger partial charge in [-0.05, 0) is 37.0 Å². The van der Waals surface area contributed by atoms with Crippen LogP contribution >= 0.6 is 0 Å². The molecule has 0 saturated carbocycles. The van der Waals surface area contributed by atoms with Crippen molar-refractivity contribution in [3.63, 3.8) is 0 Å². The molecule has 0 bridgehead atoms. The fourth-order valence-electron chi connectivity index (χ4n) is 2.35. The van der Waals surface area contributed by atoms with Gasteiger partial charge in [0.25, 0.3) is 0 Å². The lowest BCUT2D eigenvalue weighted by atomic mass is 9.99. The third-order valence-corrected chi connectivity index (χ3v) is 3.16. The zero-order chi connectivity index (χ0) is 11.2. The highest BCUT2D eigenvalue weighted by Crippen LogP contribution is 2.37. The number of oxime groups is 1. The standard InChI is InChI=1S/C12H15NO2/c1-6-4-8(3)12(14)10-9(6)5-7(2)11(10)13-15/h4,7,14-15H,5H2,1-3H3/b13-11+. The number of rotatable bonds is 0. The largest absolute Gasteiger partial charge is 0.507 e. The number of hydrogen-bond acceptors (Lipinski definition) is 3. The second kappa shape index (κ2) is 3.26. The molecule has 0 fully saturated rings. The number of fused-ring (bicyclic) bond motifs is 1. The lowest BCUT2D eigenvalue weighted by molar-refractivity contribution is 0.316. The molecule has 3 heteroatoms. The zero-order valence-electron chi connectivity index (χ0n) is 9.20. The summed E-state index contributed by atoms with van der Waals surface area (Å²) in [5, 5.41) is 22.2. The SMILES string of the molecule is Cc1cc(C)c2c(c1O)/C(=N/O)C(C)C2. The summed E-state index contributed by atoms with van der Waals surface area (Å²) in [6.45, 7) is 5.89. The summed E-state index contributed by atoms with van der Waals surface area (Å²) in [5.41, 5.74) is 4.45. The molecule has 1 aliphatic carbocycles. The van der Waals surface area contributed by atoms with Crippen molar-refractivity contribution >= 4 is 5.71 Å². The summed E-state index contributed by atoms with van der Waals surface area (Å²) >= 11 is 0. The van der Waals surface area contributed by atoms with Crippen LogP contribution in [0.5, 0.6) is 5.75 Å². The van der Waals surface area contributed by atoms with Gasteiger partial charge in [-0.3, -0.25) is 0 Å². The highest BCUT2D eigenvalue weighted by atomic mass is 16.4. The molecule has 1 aromatic rings. The molecule has 2 N–H and O–H groups in total. The van der Waals surface area contributed by atoms with Crippen LogP contribution in [-0.2, 0) is 6.42 Å². The van der Waals surface area contributed by atoms with Crippen LogP contribution < -0.4 is 0 Å². The van der Waals surface area contributed by atoms with E-state index in [-0.39, 0.29) is 11.7 Å². The van der Waals surface area contributed by atoms with Crippen molar-refractivity contribution in [3.05, 3.63) is 28.3 Å². The van der Waals surface area contributed by atoms with E-state index in [1.165, 1.54) is 0 Å². The lowest BCUT2D eigenvalue weighted by Gasteiger charge is -2.09. The number of phenols is 1. The van der Waals surface area contributed by atoms with Crippen LogP contribution in [0.15, 0.2) is 11.2 Å². The second-order valence-electron chi connectivity index (χ2n) is 4.30. The fraction of sp³-hybridized carbons (Fsp3) is 0.417. The number of aromatic hydroxyl groups is 1. The molecule has 1 aliphatic rings. The van der Waals surface area contributed by atoms with Gasteiger partial charge in [0.15, 0.2) is 0 Å². The fourth-order valence-corrected chi connectivity index (χ4v) is 2.35. The summed E-state index contributed by atoms with van der Waals surface area (Å²) in [5.74, 6) is 0.434. The van der Waals surface area contributed by atoms with E-state index in [2.05, 4.69) is 5.16 Å². The van der Waals surface area contributed by atoms with Crippen molar-refractivity contribution in [3.8, 4) is 5.75 Å². The molecular weight excluding hydrogens is 190 g/mol. The summed E-state index contributed by atoms with van der Waals surface area (Å²) in [7, 11) is 0. The van der Waals surface area contributed by atoms with Gasteiger partial charge in [0, 0.05) is 11.5 Å². The second-order valence-corrected chi connectivity index (χ2v) is 4.30. The van der Waals surface area contributed by atoms with Crippen LogP contribution in [0.25, 0.3) is 0 Å². The van der Waals surface area contributed by atoms with Gasteiger partial charge in [0.1, 0.15) is 5.75 Å². The van der Waals surface area contributed by atoms with Crippen LogP contribution in [0.1, 0.15) is 29.2 Å². The third kappa shape index (κ3) is 1.30. The topological polar surface area (TPSA) is 52.8 Å². The molecule has 1 aromatic carbocycles. The lowest BCUT2D eigenvalue weighted by Crippen LogP contribution is -2.05. The van der Waals surface area contributed by atoms with Crippen molar-refractivity contribution in [2.75, 3.05) is 0 Å². The summed E-state index contributed by atoms with van der Waals surface area (Å²) in [6.07, 6.45) is 0.842. The number of nitrogens with zero attached hydrogens (tertiary/aromatic N) is 1. The van der Waals surface area contributed by atoms with E-state index in [0.717, 1.165) is 28.7 Å². The van der Waals surface area contributed by atoms with Gasteiger partial charge < -0.3 is 10.3 Å². The molecular formula is C12H15NO2. The highest BCUT2D eigenvalue weighted by Gasteiger charge is 2.30. The summed E-state index contributed by atoms with van der Waals surface area (Å²) in [6, 6.07) is 1.97. The van der Waals surface area contributed by atoms with Crippen molar-refractivity contribution in [1.29, 1.82) is 0 Å². The number of aryl methyl sites for hydroxylation is 2. The van der Waals surface area contributed by atoms with Crippen molar-refractivity contribution in [1.82, 2.24) is 0 Å². The zero-order valence-corrected chi connectivity index (χ0v) is 9.20. The molecule has 80 valence electrons. The molecule has 0 radical (unpaired) electrons. The first kappa shape index (κ1) is 10.0. The molecule has 3 nitrogen and oxygen atoms in total. The van der Waals surface area contributed by atoms with E-state index in [4.69, 9.17) is 5.21 Å². The molecule has 0 amide bonds. The van der Waals surface area contributed by atoms with Crippen LogP contribution in [0.4, 0.5) is 0 Å². The van der Waals surface area contributed by atoms with Gasteiger partial charge in [0.05, 0.1) is 5.71 Å². The van der Waals surface area contributed by atoms with Crippen molar-refractivity contribution in [2.24, 2.45) is 11.1 Å². The Kier molecular flexibility index (Phi) is 2.18. The Morgan fingerprint density at radius 2 is 2.00 bits per heavy atom. The Bertz CT molecular complexity index is 449. The maximum atomic E-state index is 9.97. The van der Waals surface area contributed by atoms with E-state index in [1.807, 2.05) is 26.8 Å². The number of benzene rings is 1. The number of phenolic OH excluding ortho intramolecular Hbond substituents is 1. The number of hydrogen-bond donors (Lipinski definition) is 2.